The minimum absolute atomic E-state index is 0.783. The van der Waals surface area contributed by atoms with Crippen molar-refractivity contribution in [2.75, 3.05) is 40.3 Å². The molecule has 1 saturated heterocycles. The number of likely N-dealkylation sites (N-methyl/N-ethyl adjacent to an activating group) is 1. The molecule has 2 aliphatic rings. The van der Waals surface area contributed by atoms with Gasteiger partial charge in [-0.05, 0) is 59.3 Å². The van der Waals surface area contributed by atoms with E-state index in [2.05, 4.69) is 29.2 Å². The van der Waals surface area contributed by atoms with Gasteiger partial charge in [0, 0.05) is 25.2 Å². The molecular formula is C13H27N3. The Morgan fingerprint density at radius 3 is 2.38 bits per heavy atom. The first-order valence-corrected chi connectivity index (χ1v) is 6.89. The summed E-state index contributed by atoms with van der Waals surface area (Å²) in [6.45, 7) is 5.14. The highest BCUT2D eigenvalue weighted by Crippen LogP contribution is 2.23. The van der Waals surface area contributed by atoms with Gasteiger partial charge >= 0.3 is 0 Å². The Bertz CT molecular complexity index is 199. The van der Waals surface area contributed by atoms with Crippen molar-refractivity contribution in [2.24, 2.45) is 0 Å². The summed E-state index contributed by atoms with van der Waals surface area (Å²) in [6, 6.07) is 1.65. The number of hydrogen-bond acceptors (Lipinski definition) is 3. The second kappa shape index (κ2) is 5.99. The van der Waals surface area contributed by atoms with Gasteiger partial charge in [-0.2, -0.15) is 0 Å². The molecule has 3 nitrogen and oxygen atoms in total. The van der Waals surface area contributed by atoms with Gasteiger partial charge in [-0.3, -0.25) is 4.90 Å². The molecule has 94 valence electrons. The first-order valence-electron chi connectivity index (χ1n) is 6.89. The molecule has 2 rings (SSSR count). The minimum atomic E-state index is 0.783. The van der Waals surface area contributed by atoms with Gasteiger partial charge in [0.2, 0.25) is 0 Å². The number of nitrogens with zero attached hydrogens (tertiary/aromatic N) is 2. The quantitative estimate of drug-likeness (QED) is 0.761. The summed E-state index contributed by atoms with van der Waals surface area (Å²) >= 11 is 0. The van der Waals surface area contributed by atoms with Crippen LogP contribution in [0.2, 0.25) is 0 Å². The van der Waals surface area contributed by atoms with Crippen LogP contribution in [0.4, 0.5) is 0 Å². The lowest BCUT2D eigenvalue weighted by Gasteiger charge is -2.36. The van der Waals surface area contributed by atoms with Crippen molar-refractivity contribution in [3.05, 3.63) is 0 Å². The number of nitrogens with one attached hydrogen (secondary N) is 1. The van der Waals surface area contributed by atoms with Crippen molar-refractivity contribution in [1.82, 2.24) is 15.1 Å². The van der Waals surface area contributed by atoms with Crippen molar-refractivity contribution in [3.8, 4) is 0 Å². The fraction of sp³-hybridized carbons (Fsp3) is 1.00. The van der Waals surface area contributed by atoms with Gasteiger partial charge in [0.05, 0.1) is 0 Å². The van der Waals surface area contributed by atoms with Crippen LogP contribution in [-0.4, -0.2) is 62.2 Å². The molecule has 0 atom stereocenters. The number of rotatable bonds is 2. The van der Waals surface area contributed by atoms with Gasteiger partial charge in [-0.25, -0.2) is 0 Å². The SMILES string of the molecule is CN[C@H]1CC[C@@H](N2CCCN(C)CC2)CC1. The van der Waals surface area contributed by atoms with Crippen LogP contribution < -0.4 is 5.32 Å². The van der Waals surface area contributed by atoms with E-state index in [9.17, 15) is 0 Å². The monoisotopic (exact) mass is 225 g/mol. The van der Waals surface area contributed by atoms with E-state index >= 15 is 0 Å². The maximum atomic E-state index is 3.42. The van der Waals surface area contributed by atoms with Gasteiger partial charge in [0.25, 0.3) is 0 Å². The maximum Gasteiger partial charge on any atom is 0.0112 e. The fourth-order valence-corrected chi connectivity index (χ4v) is 3.16. The molecule has 1 heterocycles. The van der Waals surface area contributed by atoms with Crippen molar-refractivity contribution >= 4 is 0 Å². The third-order valence-electron chi connectivity index (χ3n) is 4.38. The first-order chi connectivity index (χ1) is 7.79. The van der Waals surface area contributed by atoms with E-state index in [-0.39, 0.29) is 0 Å². The molecule has 2 fully saturated rings. The van der Waals surface area contributed by atoms with E-state index in [4.69, 9.17) is 0 Å². The predicted molar refractivity (Wildman–Crippen MR) is 68.8 cm³/mol. The summed E-state index contributed by atoms with van der Waals surface area (Å²) in [4.78, 5) is 5.22. The zero-order valence-electron chi connectivity index (χ0n) is 10.9. The zero-order valence-corrected chi connectivity index (χ0v) is 10.9. The average Bonchev–Trinajstić information content (AvgIpc) is 2.54. The van der Waals surface area contributed by atoms with Crippen molar-refractivity contribution < 1.29 is 0 Å². The summed E-state index contributed by atoms with van der Waals surface area (Å²) in [5.41, 5.74) is 0. The molecule has 0 unspecified atom stereocenters. The van der Waals surface area contributed by atoms with E-state index in [0.29, 0.717) is 0 Å². The Morgan fingerprint density at radius 1 is 0.938 bits per heavy atom. The Balaban J connectivity index is 1.79. The lowest BCUT2D eigenvalue weighted by molar-refractivity contribution is 0.150. The molecule has 0 aromatic heterocycles. The van der Waals surface area contributed by atoms with Crippen LogP contribution in [0.3, 0.4) is 0 Å². The minimum Gasteiger partial charge on any atom is -0.317 e. The van der Waals surface area contributed by atoms with Crippen LogP contribution in [0.5, 0.6) is 0 Å². The highest BCUT2D eigenvalue weighted by Gasteiger charge is 2.25. The van der Waals surface area contributed by atoms with E-state index in [0.717, 1.165) is 12.1 Å². The largest absolute Gasteiger partial charge is 0.317 e. The predicted octanol–water partition coefficient (Wildman–Crippen LogP) is 1.15. The molecule has 0 bridgehead atoms. The summed E-state index contributed by atoms with van der Waals surface area (Å²) < 4.78 is 0. The lowest BCUT2D eigenvalue weighted by atomic mass is 9.90. The second-order valence-corrected chi connectivity index (χ2v) is 5.49. The molecule has 0 aromatic carbocycles. The van der Waals surface area contributed by atoms with E-state index in [1.54, 1.807) is 0 Å². The van der Waals surface area contributed by atoms with Crippen molar-refractivity contribution in [3.63, 3.8) is 0 Å². The zero-order chi connectivity index (χ0) is 11.4. The molecule has 1 aliphatic heterocycles. The second-order valence-electron chi connectivity index (χ2n) is 5.49. The summed E-state index contributed by atoms with van der Waals surface area (Å²) in [5, 5.41) is 3.42. The van der Waals surface area contributed by atoms with Crippen molar-refractivity contribution in [1.29, 1.82) is 0 Å². The first kappa shape index (κ1) is 12.3. The molecule has 0 radical (unpaired) electrons. The molecule has 1 saturated carbocycles. The maximum absolute atomic E-state index is 3.42. The van der Waals surface area contributed by atoms with E-state index in [1.807, 2.05) is 0 Å². The third kappa shape index (κ3) is 3.19. The van der Waals surface area contributed by atoms with Gasteiger partial charge in [0.15, 0.2) is 0 Å². The highest BCUT2D eigenvalue weighted by molar-refractivity contribution is 4.83. The Kier molecular flexibility index (Phi) is 4.62. The third-order valence-corrected chi connectivity index (χ3v) is 4.38. The molecular weight excluding hydrogens is 198 g/mol. The number of hydrogen-bond donors (Lipinski definition) is 1. The van der Waals surface area contributed by atoms with Crippen LogP contribution in [0.25, 0.3) is 0 Å². The fourth-order valence-electron chi connectivity index (χ4n) is 3.16. The Labute approximate surface area is 100 Å². The lowest BCUT2D eigenvalue weighted by Crippen LogP contribution is -2.43. The highest BCUT2D eigenvalue weighted by atomic mass is 15.2. The van der Waals surface area contributed by atoms with E-state index < -0.39 is 0 Å². The summed E-state index contributed by atoms with van der Waals surface area (Å²) in [6.07, 6.45) is 6.88. The standard InChI is InChI=1S/C13H27N3/c1-14-12-4-6-13(7-5-12)16-9-3-8-15(2)10-11-16/h12-14H,3-11H2,1-2H3/t12-,13+. The summed E-state index contributed by atoms with van der Waals surface area (Å²) in [7, 11) is 4.35. The van der Waals surface area contributed by atoms with Gasteiger partial charge in [-0.15, -0.1) is 0 Å². The molecule has 1 aliphatic carbocycles. The average molecular weight is 225 g/mol. The van der Waals surface area contributed by atoms with Crippen LogP contribution in [0, 0.1) is 0 Å². The Morgan fingerprint density at radius 2 is 1.69 bits per heavy atom. The normalized spacial score (nSPS) is 34.9. The van der Waals surface area contributed by atoms with Gasteiger partial charge < -0.3 is 10.2 Å². The summed E-state index contributed by atoms with van der Waals surface area (Å²) in [5.74, 6) is 0. The van der Waals surface area contributed by atoms with E-state index in [1.165, 1.54) is 58.3 Å². The van der Waals surface area contributed by atoms with Gasteiger partial charge in [0.1, 0.15) is 0 Å². The van der Waals surface area contributed by atoms with Crippen LogP contribution >= 0.6 is 0 Å². The topological polar surface area (TPSA) is 18.5 Å². The molecule has 1 N–H and O–H groups in total. The Hall–Kier alpha value is -0.120. The van der Waals surface area contributed by atoms with Crippen LogP contribution in [-0.2, 0) is 0 Å². The van der Waals surface area contributed by atoms with Gasteiger partial charge in [-0.1, -0.05) is 0 Å². The molecule has 16 heavy (non-hydrogen) atoms. The smallest absolute Gasteiger partial charge is 0.0112 e. The molecule has 0 spiro atoms. The van der Waals surface area contributed by atoms with Crippen LogP contribution in [0.15, 0.2) is 0 Å². The molecule has 3 heteroatoms. The molecule has 0 amide bonds. The van der Waals surface area contributed by atoms with Crippen LogP contribution in [0.1, 0.15) is 32.1 Å². The molecule has 0 aromatic rings. The van der Waals surface area contributed by atoms with Crippen molar-refractivity contribution in [2.45, 2.75) is 44.2 Å².